The predicted molar refractivity (Wildman–Crippen MR) is 111 cm³/mol. The summed E-state index contributed by atoms with van der Waals surface area (Å²) in [6.45, 7) is 2.13. The van der Waals surface area contributed by atoms with Crippen LogP contribution in [-0.2, 0) is 4.79 Å². The van der Waals surface area contributed by atoms with Gasteiger partial charge in [0, 0.05) is 25.3 Å². The first-order valence-electron chi connectivity index (χ1n) is 10.1. The van der Waals surface area contributed by atoms with Gasteiger partial charge in [0.1, 0.15) is 5.75 Å². The average Bonchev–Trinajstić information content (AvgIpc) is 2.75. The summed E-state index contributed by atoms with van der Waals surface area (Å²) in [7, 11) is 0. The summed E-state index contributed by atoms with van der Waals surface area (Å²) in [5, 5.41) is 0. The quantitative estimate of drug-likeness (QED) is 0.697. The maximum Gasteiger partial charge on any atom is 0.387 e. The van der Waals surface area contributed by atoms with E-state index in [4.69, 9.17) is 0 Å². The smallest absolute Gasteiger partial charge is 0.387 e. The minimum Gasteiger partial charge on any atom is -0.434 e. The zero-order valence-corrected chi connectivity index (χ0v) is 17.2. The molecule has 1 atom stereocenters. The van der Waals surface area contributed by atoms with Gasteiger partial charge < -0.3 is 14.5 Å². The molecule has 0 aliphatic carbocycles. The second-order valence-electron chi connectivity index (χ2n) is 7.33. The number of benzene rings is 2. The van der Waals surface area contributed by atoms with Crippen LogP contribution in [0.15, 0.2) is 48.5 Å². The minimum absolute atomic E-state index is 0.0265. The molecule has 1 heterocycles. The summed E-state index contributed by atoms with van der Waals surface area (Å²) in [6.07, 6.45) is 1.35. The lowest BCUT2D eigenvalue weighted by atomic mass is 9.95. The number of carbonyl (C=O) groups excluding carboxylic acids is 2. The fourth-order valence-electron chi connectivity index (χ4n) is 3.91. The highest BCUT2D eigenvalue weighted by atomic mass is 19.3. The number of piperidine rings is 1. The topological polar surface area (TPSA) is 49.9 Å². The molecular weight excluding hydrogens is 390 g/mol. The number of rotatable bonds is 6. The van der Waals surface area contributed by atoms with Crippen molar-refractivity contribution in [2.75, 3.05) is 24.5 Å². The number of aryl methyl sites for hydroxylation is 1. The Morgan fingerprint density at radius 3 is 2.57 bits per heavy atom. The van der Waals surface area contributed by atoms with E-state index < -0.39 is 12.5 Å². The van der Waals surface area contributed by atoms with Crippen LogP contribution in [0.25, 0.3) is 0 Å². The Balaban J connectivity index is 1.77. The summed E-state index contributed by atoms with van der Waals surface area (Å²) in [6, 6.07) is 13.7. The lowest BCUT2D eigenvalue weighted by molar-refractivity contribution is -0.123. The highest BCUT2D eigenvalue weighted by Crippen LogP contribution is 2.28. The molecule has 5 nitrogen and oxygen atoms in total. The fraction of sp³-hybridized carbons (Fsp3) is 0.391. The van der Waals surface area contributed by atoms with Crippen LogP contribution in [0, 0.1) is 12.8 Å². The Hall–Kier alpha value is -2.96. The van der Waals surface area contributed by atoms with Crippen LogP contribution in [0.1, 0.15) is 35.7 Å². The lowest BCUT2D eigenvalue weighted by Gasteiger charge is -2.35. The van der Waals surface area contributed by atoms with E-state index in [-0.39, 0.29) is 29.7 Å². The number of carbonyl (C=O) groups is 2. The van der Waals surface area contributed by atoms with Crippen molar-refractivity contribution in [3.8, 4) is 5.75 Å². The first kappa shape index (κ1) is 21.7. The second-order valence-corrected chi connectivity index (χ2v) is 7.33. The molecule has 3 rings (SSSR count). The number of anilines is 1. The molecule has 0 radical (unpaired) electrons. The zero-order chi connectivity index (χ0) is 21.7. The molecule has 1 saturated heterocycles. The Kier molecular flexibility index (Phi) is 7.03. The Morgan fingerprint density at radius 1 is 1.17 bits per heavy atom. The van der Waals surface area contributed by atoms with E-state index in [1.165, 1.54) is 12.1 Å². The third-order valence-electron chi connectivity index (χ3n) is 5.38. The van der Waals surface area contributed by atoms with Gasteiger partial charge >= 0.3 is 6.61 Å². The first-order chi connectivity index (χ1) is 14.4. The number of amides is 2. The van der Waals surface area contributed by atoms with Gasteiger partial charge in [-0.25, -0.2) is 0 Å². The lowest BCUT2D eigenvalue weighted by Crippen LogP contribution is -2.47. The van der Waals surface area contributed by atoms with Crippen molar-refractivity contribution < 1.29 is 23.1 Å². The summed E-state index contributed by atoms with van der Waals surface area (Å²) < 4.78 is 29.9. The summed E-state index contributed by atoms with van der Waals surface area (Å²) >= 11 is 0. The number of likely N-dealkylation sites (tertiary alicyclic amines) is 1. The van der Waals surface area contributed by atoms with Gasteiger partial charge in [-0.3, -0.25) is 9.59 Å². The number of para-hydroxylation sites is 2. The highest BCUT2D eigenvalue weighted by Gasteiger charge is 2.33. The van der Waals surface area contributed by atoms with Crippen LogP contribution in [0.3, 0.4) is 0 Å². The van der Waals surface area contributed by atoms with Gasteiger partial charge in [0.05, 0.1) is 11.5 Å². The average molecular weight is 416 g/mol. The van der Waals surface area contributed by atoms with Gasteiger partial charge in [-0.1, -0.05) is 30.3 Å². The summed E-state index contributed by atoms with van der Waals surface area (Å²) in [5.74, 6) is -0.921. The molecule has 1 aliphatic heterocycles. The van der Waals surface area contributed by atoms with Gasteiger partial charge in [-0.15, -0.1) is 0 Å². The Labute approximate surface area is 175 Å². The van der Waals surface area contributed by atoms with Crippen LogP contribution in [0.5, 0.6) is 5.75 Å². The number of nitrogens with zero attached hydrogens (tertiary/aromatic N) is 2. The molecule has 30 heavy (non-hydrogen) atoms. The van der Waals surface area contributed by atoms with Gasteiger partial charge in [-0.05, 0) is 50.5 Å². The number of hydrogen-bond acceptors (Lipinski definition) is 3. The minimum atomic E-state index is -3.01. The van der Waals surface area contributed by atoms with Crippen molar-refractivity contribution in [3.63, 3.8) is 0 Å². The van der Waals surface area contributed by atoms with Gasteiger partial charge in [0.2, 0.25) is 5.91 Å². The van der Waals surface area contributed by atoms with Crippen molar-refractivity contribution in [3.05, 3.63) is 59.7 Å². The first-order valence-corrected chi connectivity index (χ1v) is 10.1. The van der Waals surface area contributed by atoms with Gasteiger partial charge in [0.15, 0.2) is 0 Å². The van der Waals surface area contributed by atoms with E-state index in [2.05, 4.69) is 4.74 Å². The molecule has 1 aliphatic rings. The molecule has 1 fully saturated rings. The predicted octanol–water partition coefficient (Wildman–Crippen LogP) is 4.50. The van der Waals surface area contributed by atoms with E-state index in [9.17, 15) is 18.4 Å². The largest absolute Gasteiger partial charge is 0.434 e. The van der Waals surface area contributed by atoms with Crippen LogP contribution in [0.4, 0.5) is 14.5 Å². The molecule has 0 spiro atoms. The van der Waals surface area contributed by atoms with Crippen LogP contribution >= 0.6 is 0 Å². The van der Waals surface area contributed by atoms with E-state index in [0.717, 1.165) is 11.3 Å². The molecule has 0 N–H and O–H groups in total. The molecule has 2 amide bonds. The number of halogens is 2. The molecule has 1 unspecified atom stereocenters. The summed E-state index contributed by atoms with van der Waals surface area (Å²) in [5.41, 5.74) is 1.95. The van der Waals surface area contributed by atoms with Crippen molar-refractivity contribution >= 4 is 17.5 Å². The van der Waals surface area contributed by atoms with Crippen LogP contribution in [0.2, 0.25) is 0 Å². The van der Waals surface area contributed by atoms with Crippen LogP contribution < -0.4 is 9.64 Å². The van der Waals surface area contributed by atoms with Gasteiger partial charge in [-0.2, -0.15) is 8.78 Å². The number of alkyl halides is 2. The van der Waals surface area contributed by atoms with Crippen molar-refractivity contribution in [2.24, 2.45) is 5.92 Å². The number of ether oxygens (including phenoxy) is 1. The normalized spacial score (nSPS) is 16.4. The zero-order valence-electron chi connectivity index (χ0n) is 17.2. The molecule has 7 heteroatoms. The van der Waals surface area contributed by atoms with Crippen LogP contribution in [-0.4, -0.2) is 43.0 Å². The van der Waals surface area contributed by atoms with E-state index in [1.54, 1.807) is 21.9 Å². The monoisotopic (exact) mass is 416 g/mol. The molecule has 160 valence electrons. The molecular formula is C23H26F2N2O3. The Bertz CT molecular complexity index is 904. The summed E-state index contributed by atoms with van der Waals surface area (Å²) in [4.78, 5) is 29.6. The van der Waals surface area contributed by atoms with Gasteiger partial charge in [0.25, 0.3) is 5.91 Å². The fourth-order valence-corrected chi connectivity index (χ4v) is 3.91. The SMILES string of the molecule is CCN(C(=O)C1CCCN(C(=O)c2ccccc2OC(F)F)C1)c1ccccc1C. The molecule has 0 bridgehead atoms. The third-order valence-corrected chi connectivity index (χ3v) is 5.38. The standard InChI is InChI=1S/C23H26F2N2O3/c1-3-27(19-12-6-4-9-16(19)2)21(28)17-10-8-14-26(15-17)22(29)18-11-5-7-13-20(18)30-23(24)25/h4-7,9,11-13,17,23H,3,8,10,14-15H2,1-2H3. The van der Waals surface area contributed by atoms with Crippen molar-refractivity contribution in [1.82, 2.24) is 4.90 Å². The van der Waals surface area contributed by atoms with Crippen molar-refractivity contribution in [2.45, 2.75) is 33.3 Å². The van der Waals surface area contributed by atoms with E-state index in [0.29, 0.717) is 25.9 Å². The van der Waals surface area contributed by atoms with E-state index in [1.807, 2.05) is 38.1 Å². The second kappa shape index (κ2) is 9.69. The molecule has 0 saturated carbocycles. The maximum absolute atomic E-state index is 13.3. The third kappa shape index (κ3) is 4.78. The molecule has 2 aromatic rings. The molecule has 0 aromatic heterocycles. The Morgan fingerprint density at radius 2 is 1.87 bits per heavy atom. The van der Waals surface area contributed by atoms with E-state index >= 15 is 0 Å². The van der Waals surface area contributed by atoms with Crippen molar-refractivity contribution in [1.29, 1.82) is 0 Å². The highest BCUT2D eigenvalue weighted by molar-refractivity contribution is 5.99. The maximum atomic E-state index is 13.3. The molecule has 2 aromatic carbocycles. The number of hydrogen-bond donors (Lipinski definition) is 0.